The van der Waals surface area contributed by atoms with Crippen LogP contribution in [-0.4, -0.2) is 40.7 Å². The molecule has 0 aromatic carbocycles. The molecule has 8 N–H and O–H groups in total. The Morgan fingerprint density at radius 2 is 1.38 bits per heavy atom. The maximum Gasteiger partial charge on any atom is 0.328 e. The van der Waals surface area contributed by atoms with Crippen LogP contribution in [0.5, 0.6) is 0 Å². The Morgan fingerprint density at radius 3 is 1.91 bits per heavy atom. The van der Waals surface area contributed by atoms with E-state index in [4.69, 9.17) is 27.1 Å². The molecule has 0 saturated heterocycles. The zero-order chi connectivity index (χ0) is 25.9. The van der Waals surface area contributed by atoms with Crippen LogP contribution < -0.4 is 16.8 Å². The maximum absolute atomic E-state index is 10.2. The van der Waals surface area contributed by atoms with Gasteiger partial charge in [-0.2, -0.15) is 0 Å². The van der Waals surface area contributed by atoms with Crippen LogP contribution in [-0.2, 0) is 9.59 Å². The first-order chi connectivity index (χ1) is 16.3. The summed E-state index contributed by atoms with van der Waals surface area (Å²) in [6.45, 7) is 2.73. The Morgan fingerprint density at radius 1 is 0.853 bits per heavy atom. The molecule has 0 aliphatic rings. The van der Waals surface area contributed by atoms with E-state index in [9.17, 15) is 9.59 Å². The Bertz CT molecular complexity index is 682. The first-order valence-corrected chi connectivity index (χ1v) is 11.9. The number of rotatable bonds is 18. The number of carbonyl (C=O) groups is 2. The molecular weight excluding hydrogens is 432 g/mol. The predicted molar refractivity (Wildman–Crippen MR) is 141 cm³/mol. The van der Waals surface area contributed by atoms with Gasteiger partial charge in [0, 0.05) is 12.6 Å². The van der Waals surface area contributed by atoms with Gasteiger partial charge in [0.1, 0.15) is 6.04 Å². The fourth-order valence-electron chi connectivity index (χ4n) is 2.59. The quantitative estimate of drug-likeness (QED) is 0.0551. The smallest absolute Gasteiger partial charge is 0.328 e. The summed E-state index contributed by atoms with van der Waals surface area (Å²) >= 11 is 0. The molecule has 0 fully saturated rings. The maximum atomic E-state index is 10.2. The van der Waals surface area contributed by atoms with Gasteiger partial charge in [-0.25, -0.2) is 4.79 Å². The van der Waals surface area contributed by atoms with Crippen molar-refractivity contribution in [1.29, 1.82) is 5.41 Å². The van der Waals surface area contributed by atoms with Crippen LogP contribution in [0.25, 0.3) is 0 Å². The third kappa shape index (κ3) is 31.1. The van der Waals surface area contributed by atoms with Crippen molar-refractivity contribution < 1.29 is 19.8 Å². The number of carboxylic acids is 2. The number of hydrogen-bond acceptors (Lipinski definition) is 4. The van der Waals surface area contributed by atoms with E-state index in [1.807, 2.05) is 24.3 Å². The molecule has 0 amide bonds. The van der Waals surface area contributed by atoms with Crippen LogP contribution in [0.1, 0.15) is 71.1 Å². The fraction of sp³-hybridized carbons (Fsp3) is 0.500. The minimum absolute atomic E-state index is 0.112. The minimum atomic E-state index is -1.00. The lowest BCUT2D eigenvalue weighted by atomic mass is 10.1. The highest BCUT2D eigenvalue weighted by atomic mass is 16.4. The molecule has 192 valence electrons. The van der Waals surface area contributed by atoms with E-state index in [-0.39, 0.29) is 5.96 Å². The van der Waals surface area contributed by atoms with Gasteiger partial charge >= 0.3 is 11.9 Å². The summed E-state index contributed by atoms with van der Waals surface area (Å²) in [5.41, 5.74) is 10.2. The van der Waals surface area contributed by atoms with Crippen LogP contribution in [0.2, 0.25) is 0 Å². The molecule has 0 aromatic rings. The van der Waals surface area contributed by atoms with Crippen LogP contribution in [0.15, 0.2) is 60.8 Å². The number of hydrogen-bond donors (Lipinski definition) is 6. The molecule has 0 aromatic heterocycles. The van der Waals surface area contributed by atoms with Crippen molar-refractivity contribution in [1.82, 2.24) is 5.32 Å². The second kappa shape index (κ2) is 26.1. The summed E-state index contributed by atoms with van der Waals surface area (Å²) in [7, 11) is 0. The molecule has 8 heteroatoms. The van der Waals surface area contributed by atoms with Crippen molar-refractivity contribution in [2.75, 3.05) is 6.54 Å². The highest BCUT2D eigenvalue weighted by Crippen LogP contribution is 2.08. The Balaban J connectivity index is 0. The number of carboxylic acid groups (broad SMARTS) is 2. The number of guanidine groups is 1. The number of nitrogens with two attached hydrogens (primary N) is 2. The Hall–Kier alpha value is -3.13. The van der Waals surface area contributed by atoms with E-state index >= 15 is 0 Å². The van der Waals surface area contributed by atoms with Gasteiger partial charge in [-0.15, -0.1) is 0 Å². The van der Waals surface area contributed by atoms with Crippen LogP contribution in [0.4, 0.5) is 0 Å². The summed E-state index contributed by atoms with van der Waals surface area (Å²) in [6, 6.07) is -0.821. The van der Waals surface area contributed by atoms with E-state index in [2.05, 4.69) is 24.4 Å². The van der Waals surface area contributed by atoms with Gasteiger partial charge in [0.15, 0.2) is 5.96 Å². The van der Waals surface area contributed by atoms with Gasteiger partial charge in [-0.05, 0) is 25.7 Å². The van der Waals surface area contributed by atoms with E-state index in [1.54, 1.807) is 12.2 Å². The lowest BCUT2D eigenvalue weighted by Crippen LogP contribution is -2.34. The van der Waals surface area contributed by atoms with Gasteiger partial charge < -0.3 is 27.0 Å². The molecule has 0 bridgehead atoms. The summed E-state index contributed by atoms with van der Waals surface area (Å²) in [5.74, 6) is -2.05. The summed E-state index contributed by atoms with van der Waals surface area (Å²) < 4.78 is 0. The molecule has 0 aliphatic carbocycles. The number of aliphatic carboxylic acids is 2. The van der Waals surface area contributed by atoms with E-state index in [0.29, 0.717) is 19.4 Å². The molecule has 1 unspecified atom stereocenters. The van der Waals surface area contributed by atoms with Gasteiger partial charge in [0.25, 0.3) is 0 Å². The summed E-state index contributed by atoms with van der Waals surface area (Å²) in [5, 5.41) is 26.1. The van der Waals surface area contributed by atoms with Crippen molar-refractivity contribution in [2.24, 2.45) is 11.5 Å². The Kier molecular flexibility index (Phi) is 25.4. The first-order valence-electron chi connectivity index (χ1n) is 11.9. The average molecular weight is 477 g/mol. The lowest BCUT2D eigenvalue weighted by Gasteiger charge is -2.06. The molecule has 0 spiro atoms. The van der Waals surface area contributed by atoms with E-state index in [1.165, 1.54) is 51.0 Å². The van der Waals surface area contributed by atoms with Gasteiger partial charge in [-0.3, -0.25) is 10.2 Å². The van der Waals surface area contributed by atoms with Crippen LogP contribution in [0, 0.1) is 5.41 Å². The molecule has 34 heavy (non-hydrogen) atoms. The van der Waals surface area contributed by atoms with Gasteiger partial charge in [-0.1, -0.05) is 100 Å². The highest BCUT2D eigenvalue weighted by Gasteiger charge is 2.09. The van der Waals surface area contributed by atoms with E-state index in [0.717, 1.165) is 12.5 Å². The van der Waals surface area contributed by atoms with Gasteiger partial charge in [0.05, 0.1) is 0 Å². The Labute approximate surface area is 204 Å². The molecule has 0 saturated carbocycles. The molecule has 8 nitrogen and oxygen atoms in total. The average Bonchev–Trinajstić information content (AvgIpc) is 2.78. The van der Waals surface area contributed by atoms with Crippen LogP contribution in [0.3, 0.4) is 0 Å². The summed E-state index contributed by atoms with van der Waals surface area (Å²) in [4.78, 5) is 20.4. The van der Waals surface area contributed by atoms with Gasteiger partial charge in [0.2, 0.25) is 0 Å². The normalized spacial score (nSPS) is 12.5. The third-order valence-electron chi connectivity index (χ3n) is 4.45. The second-order valence-electron chi connectivity index (χ2n) is 7.62. The molecule has 0 aliphatic heterocycles. The minimum Gasteiger partial charge on any atom is -0.480 e. The van der Waals surface area contributed by atoms with Crippen LogP contribution >= 0.6 is 0 Å². The monoisotopic (exact) mass is 476 g/mol. The summed E-state index contributed by atoms with van der Waals surface area (Å²) in [6.07, 6.45) is 29.7. The highest BCUT2D eigenvalue weighted by molar-refractivity contribution is 5.80. The molecule has 0 radical (unpaired) electrons. The van der Waals surface area contributed by atoms with Crippen molar-refractivity contribution in [3.63, 3.8) is 0 Å². The zero-order valence-electron chi connectivity index (χ0n) is 20.5. The molecular formula is C26H44N4O4. The van der Waals surface area contributed by atoms with Crippen molar-refractivity contribution >= 4 is 17.9 Å². The molecule has 1 atom stereocenters. The molecule has 0 heterocycles. The van der Waals surface area contributed by atoms with Crippen molar-refractivity contribution in [2.45, 2.75) is 77.2 Å². The topological polar surface area (TPSA) is 163 Å². The number of nitrogens with one attached hydrogen (secondary N) is 2. The number of allylic oxidation sites excluding steroid dienone is 9. The first kappa shape index (κ1) is 33.0. The standard InChI is InChI=1S/C20H30O2.C6H14N4O2/c1-2-3-4-5-6-7-8-9-10-11-12-13-14-15-16-17-18-19-20(21)22;7-4(5(11)12)2-1-3-10-6(8)9/h10-19H,2-9H2,1H3,(H,21,22);4H,1-3,7H2,(H,11,12)(H4,8,9,10)/b11-10+,13-12+,15-14+,17-16+,19-18+;. The second-order valence-corrected chi connectivity index (χ2v) is 7.62. The zero-order valence-corrected chi connectivity index (χ0v) is 20.5. The third-order valence-corrected chi connectivity index (χ3v) is 4.45. The van der Waals surface area contributed by atoms with Crippen molar-refractivity contribution in [3.05, 3.63) is 60.8 Å². The number of unbranched alkanes of at least 4 members (excludes halogenated alkanes) is 7. The lowest BCUT2D eigenvalue weighted by molar-refractivity contribution is -0.138. The van der Waals surface area contributed by atoms with Crippen molar-refractivity contribution in [3.8, 4) is 0 Å². The fourth-order valence-corrected chi connectivity index (χ4v) is 2.59. The van der Waals surface area contributed by atoms with E-state index < -0.39 is 18.0 Å². The largest absolute Gasteiger partial charge is 0.480 e. The predicted octanol–water partition coefficient (Wildman–Crippen LogP) is 4.65. The SMILES string of the molecule is CCCCCCCCC/C=C/C=C/C=C/C=C/C=C/C(=O)O.N=C(N)NCCCC(N)C(=O)O. The molecule has 0 rings (SSSR count).